The second-order valence-corrected chi connectivity index (χ2v) is 4.13. The molecule has 4 nitrogen and oxygen atoms in total. The molecule has 0 radical (unpaired) electrons. The molecule has 0 aliphatic heterocycles. The van der Waals surface area contributed by atoms with Gasteiger partial charge in [-0.3, -0.25) is 0 Å². The van der Waals surface area contributed by atoms with Crippen LogP contribution in [0.15, 0.2) is 0 Å². The van der Waals surface area contributed by atoms with E-state index in [1.54, 1.807) is 4.73 Å². The summed E-state index contributed by atoms with van der Waals surface area (Å²) in [6, 6.07) is 0. The average molecular weight is 352 g/mol. The summed E-state index contributed by atoms with van der Waals surface area (Å²) in [5.41, 5.74) is 0. The van der Waals surface area contributed by atoms with Crippen molar-refractivity contribution in [3.63, 3.8) is 0 Å². The molecular formula is C4F11O4P. The first-order valence-electron chi connectivity index (χ1n) is 3.68. The summed E-state index contributed by atoms with van der Waals surface area (Å²) in [7, 11) is -7.24. The Morgan fingerprint density at radius 1 is 0.650 bits per heavy atom. The maximum absolute atomic E-state index is 12.1. The lowest BCUT2D eigenvalue weighted by atomic mass is 10.6. The summed E-state index contributed by atoms with van der Waals surface area (Å²) in [6.07, 6.45) is -26.6. The van der Waals surface area contributed by atoms with Crippen molar-refractivity contribution < 1.29 is 66.8 Å². The first kappa shape index (κ1) is 19.3. The molecule has 122 valence electrons. The highest BCUT2D eigenvalue weighted by Crippen LogP contribution is 2.61. The molecule has 16 heteroatoms. The molecule has 0 aliphatic rings. The van der Waals surface area contributed by atoms with E-state index in [2.05, 4.69) is 0 Å². The molecule has 0 spiro atoms. The Bertz CT molecular complexity index is 353. The molecule has 0 unspecified atom stereocenters. The first-order chi connectivity index (χ1) is 8.47. The Kier molecular flexibility index (Phi) is 5.10. The van der Waals surface area contributed by atoms with E-state index in [1.807, 2.05) is 9.05 Å². The average Bonchev–Trinajstić information content (AvgIpc) is 2.11. The van der Waals surface area contributed by atoms with E-state index in [0.717, 1.165) is 0 Å². The third-order valence-corrected chi connectivity index (χ3v) is 2.27. The van der Waals surface area contributed by atoms with Crippen LogP contribution in [0.2, 0.25) is 0 Å². The molecule has 0 aromatic heterocycles. The van der Waals surface area contributed by atoms with Gasteiger partial charge in [-0.2, -0.15) is 43.9 Å². The number of halogens is 11. The maximum Gasteiger partial charge on any atom is 0.516 e. The van der Waals surface area contributed by atoms with Crippen molar-refractivity contribution in [3.05, 3.63) is 0 Å². The van der Waals surface area contributed by atoms with Gasteiger partial charge < -0.3 is 0 Å². The van der Waals surface area contributed by atoms with Gasteiger partial charge in [0, 0.05) is 0 Å². The van der Waals surface area contributed by atoms with Gasteiger partial charge in [0.15, 0.2) is 0 Å². The molecule has 0 fully saturated rings. The lowest BCUT2D eigenvalue weighted by Gasteiger charge is -2.25. The van der Waals surface area contributed by atoms with Crippen LogP contribution in [-0.2, 0) is 18.3 Å². The zero-order valence-corrected chi connectivity index (χ0v) is 9.13. The van der Waals surface area contributed by atoms with Gasteiger partial charge in [0.05, 0.1) is 0 Å². The quantitative estimate of drug-likeness (QED) is 0.546. The molecule has 0 N–H and O–H groups in total. The second kappa shape index (κ2) is 5.27. The largest absolute Gasteiger partial charge is 0.516 e. The van der Waals surface area contributed by atoms with Crippen molar-refractivity contribution in [1.29, 1.82) is 0 Å². The molecule has 0 aromatic rings. The minimum Gasteiger partial charge on any atom is -0.225 e. The third kappa shape index (κ3) is 4.43. The zero-order valence-electron chi connectivity index (χ0n) is 8.24. The van der Waals surface area contributed by atoms with Crippen LogP contribution in [0.25, 0.3) is 0 Å². The standard InChI is InChI=1S/C4F11O4P/c5-1(6,7)3(11,12)17-20(16,19-15)18-4(13,14)2(8,9)10. The number of alkyl halides is 10. The van der Waals surface area contributed by atoms with E-state index >= 15 is 0 Å². The molecular weight excluding hydrogens is 352 g/mol. The molecule has 0 saturated carbocycles. The topological polar surface area (TPSA) is 44.8 Å². The second-order valence-electron chi connectivity index (χ2n) is 2.73. The molecule has 0 rings (SSSR count). The summed E-state index contributed by atoms with van der Waals surface area (Å²) < 4.78 is 145. The van der Waals surface area contributed by atoms with Crippen LogP contribution in [0, 0.1) is 0 Å². The fourth-order valence-corrected chi connectivity index (χ4v) is 1.29. The summed E-state index contributed by atoms with van der Waals surface area (Å²) >= 11 is 0. The fraction of sp³-hybridized carbons (Fsp3) is 1.00. The van der Waals surface area contributed by atoms with Gasteiger partial charge >= 0.3 is 32.4 Å². The van der Waals surface area contributed by atoms with Crippen LogP contribution in [0.5, 0.6) is 0 Å². The molecule has 0 saturated heterocycles. The predicted octanol–water partition coefficient (Wildman–Crippen LogP) is 4.34. The van der Waals surface area contributed by atoms with Crippen molar-refractivity contribution in [3.8, 4) is 0 Å². The Hall–Kier alpha value is -0.660. The van der Waals surface area contributed by atoms with Gasteiger partial charge in [0.1, 0.15) is 0 Å². The number of phosphoric acid groups is 1. The smallest absolute Gasteiger partial charge is 0.225 e. The molecule has 0 heterocycles. The number of hydrogen-bond donors (Lipinski definition) is 0. The summed E-state index contributed by atoms with van der Waals surface area (Å²) in [5.74, 6) is 0. The molecule has 0 bridgehead atoms. The van der Waals surface area contributed by atoms with Gasteiger partial charge in [0.25, 0.3) is 0 Å². The van der Waals surface area contributed by atoms with Crippen molar-refractivity contribution >= 4 is 7.82 Å². The predicted molar refractivity (Wildman–Crippen MR) is 34.0 cm³/mol. The van der Waals surface area contributed by atoms with Gasteiger partial charge in [-0.05, 0) is 4.53 Å². The minimum absolute atomic E-state index is 1.65. The SMILES string of the molecule is O=P(OF)(OC(F)(F)C(F)(F)F)OC(F)(F)C(F)(F)F. The maximum atomic E-state index is 12.1. The van der Waals surface area contributed by atoms with Gasteiger partial charge in [-0.15, -0.1) is 0 Å². The molecule has 0 amide bonds. The third-order valence-electron chi connectivity index (χ3n) is 1.20. The van der Waals surface area contributed by atoms with Gasteiger partial charge in [-0.1, -0.05) is 4.73 Å². The lowest BCUT2D eigenvalue weighted by Crippen LogP contribution is -2.41. The van der Waals surface area contributed by atoms with E-state index in [9.17, 15) is 53.0 Å². The fourth-order valence-electron chi connectivity index (χ4n) is 0.431. The van der Waals surface area contributed by atoms with Crippen LogP contribution in [0.1, 0.15) is 0 Å². The summed E-state index contributed by atoms with van der Waals surface area (Å²) in [6.45, 7) is 0. The van der Waals surface area contributed by atoms with Crippen LogP contribution in [-0.4, -0.2) is 24.6 Å². The van der Waals surface area contributed by atoms with E-state index in [1.165, 1.54) is 0 Å². The van der Waals surface area contributed by atoms with Crippen LogP contribution >= 0.6 is 7.82 Å². The van der Waals surface area contributed by atoms with Crippen molar-refractivity contribution in [1.82, 2.24) is 0 Å². The highest BCUT2D eigenvalue weighted by Gasteiger charge is 2.68. The van der Waals surface area contributed by atoms with E-state index in [0.29, 0.717) is 0 Å². The number of phosphoric ester groups is 1. The highest BCUT2D eigenvalue weighted by molar-refractivity contribution is 7.48. The Morgan fingerprint density at radius 3 is 1.05 bits per heavy atom. The van der Waals surface area contributed by atoms with E-state index in [4.69, 9.17) is 0 Å². The Balaban J connectivity index is 5.32. The summed E-state index contributed by atoms with van der Waals surface area (Å²) in [5, 5.41) is 0. The van der Waals surface area contributed by atoms with Crippen molar-refractivity contribution in [2.24, 2.45) is 0 Å². The summed E-state index contributed by atoms with van der Waals surface area (Å²) in [4.78, 5) is 0. The van der Waals surface area contributed by atoms with Crippen LogP contribution in [0.3, 0.4) is 0 Å². The lowest BCUT2D eigenvalue weighted by molar-refractivity contribution is -0.389. The van der Waals surface area contributed by atoms with Gasteiger partial charge in [0.2, 0.25) is 0 Å². The van der Waals surface area contributed by atoms with Crippen LogP contribution in [0.4, 0.5) is 48.4 Å². The monoisotopic (exact) mass is 352 g/mol. The van der Waals surface area contributed by atoms with Crippen molar-refractivity contribution in [2.45, 2.75) is 24.6 Å². The number of hydrogen-bond acceptors (Lipinski definition) is 4. The molecule has 0 atom stereocenters. The normalized spacial score (nSPS) is 15.6. The molecule has 0 aromatic carbocycles. The molecule has 20 heavy (non-hydrogen) atoms. The Labute approximate surface area is 100 Å². The first-order valence-corrected chi connectivity index (χ1v) is 5.14. The Morgan fingerprint density at radius 2 is 0.900 bits per heavy atom. The zero-order chi connectivity index (χ0) is 16.6. The highest BCUT2D eigenvalue weighted by atomic mass is 31.2. The minimum atomic E-state index is -7.24. The van der Waals surface area contributed by atoms with Crippen molar-refractivity contribution in [2.75, 3.05) is 0 Å². The van der Waals surface area contributed by atoms with E-state index in [-0.39, 0.29) is 0 Å². The van der Waals surface area contributed by atoms with Crippen LogP contribution < -0.4 is 0 Å². The molecule has 0 aliphatic carbocycles. The van der Waals surface area contributed by atoms with E-state index < -0.39 is 32.4 Å². The van der Waals surface area contributed by atoms with Gasteiger partial charge in [-0.25, -0.2) is 13.6 Å². The number of rotatable bonds is 5.